The van der Waals surface area contributed by atoms with Gasteiger partial charge >= 0.3 is 0 Å². The summed E-state index contributed by atoms with van der Waals surface area (Å²) in [6.45, 7) is 1.74. The molecule has 0 spiro atoms. The predicted molar refractivity (Wildman–Crippen MR) is 81.9 cm³/mol. The van der Waals surface area contributed by atoms with Crippen LogP contribution in [-0.4, -0.2) is 16.7 Å². The molecule has 0 bridgehead atoms. The first kappa shape index (κ1) is 13.9. The van der Waals surface area contributed by atoms with Crippen LogP contribution in [0.4, 0.5) is 4.39 Å². The summed E-state index contributed by atoms with van der Waals surface area (Å²) < 4.78 is 21.0. The van der Waals surface area contributed by atoms with Gasteiger partial charge in [-0.3, -0.25) is 4.57 Å². The van der Waals surface area contributed by atoms with Crippen LogP contribution < -0.4 is 4.74 Å². The number of rotatable bonds is 3. The highest BCUT2D eigenvalue weighted by atomic mass is 35.5. The lowest BCUT2D eigenvalue weighted by molar-refractivity contribution is 0.415. The van der Waals surface area contributed by atoms with Crippen LogP contribution in [0, 0.1) is 12.7 Å². The number of hydrogen-bond donors (Lipinski definition) is 0. The summed E-state index contributed by atoms with van der Waals surface area (Å²) in [7, 11) is 1.61. The topological polar surface area (TPSA) is 27.1 Å². The maximum atomic E-state index is 13.9. The molecular formula is C16H14ClFN2O. The van der Waals surface area contributed by atoms with E-state index in [0.29, 0.717) is 11.4 Å². The number of aromatic nitrogens is 2. The van der Waals surface area contributed by atoms with Crippen molar-refractivity contribution in [3.63, 3.8) is 0 Å². The fourth-order valence-corrected chi connectivity index (χ4v) is 2.61. The van der Waals surface area contributed by atoms with Crippen LogP contribution in [0.15, 0.2) is 36.4 Å². The summed E-state index contributed by atoms with van der Waals surface area (Å²) in [4.78, 5) is 4.51. The minimum Gasteiger partial charge on any atom is -0.497 e. The van der Waals surface area contributed by atoms with E-state index in [9.17, 15) is 4.39 Å². The summed E-state index contributed by atoms with van der Waals surface area (Å²) in [6.07, 6.45) is 0. The van der Waals surface area contributed by atoms with Gasteiger partial charge in [-0.25, -0.2) is 9.37 Å². The molecule has 3 nitrogen and oxygen atoms in total. The monoisotopic (exact) mass is 304 g/mol. The van der Waals surface area contributed by atoms with Crippen LogP contribution in [-0.2, 0) is 5.88 Å². The molecule has 5 heteroatoms. The Bertz CT molecular complexity index is 813. The molecule has 3 aromatic rings. The van der Waals surface area contributed by atoms with Crippen molar-refractivity contribution in [2.45, 2.75) is 12.8 Å². The van der Waals surface area contributed by atoms with Crippen molar-refractivity contribution in [2.24, 2.45) is 0 Å². The molecule has 0 aliphatic rings. The number of ether oxygens (including phenoxy) is 1. The third-order valence-electron chi connectivity index (χ3n) is 3.53. The van der Waals surface area contributed by atoms with E-state index < -0.39 is 0 Å². The number of fused-ring (bicyclic) bond motifs is 1. The molecule has 0 aliphatic heterocycles. The summed E-state index contributed by atoms with van der Waals surface area (Å²) in [5.74, 6) is 1.39. The molecule has 0 fully saturated rings. The second-order valence-corrected chi connectivity index (χ2v) is 5.00. The molecule has 0 amide bonds. The second kappa shape index (κ2) is 5.37. The van der Waals surface area contributed by atoms with Crippen molar-refractivity contribution < 1.29 is 9.13 Å². The first-order valence-corrected chi connectivity index (χ1v) is 7.06. The molecule has 0 saturated carbocycles. The molecular weight excluding hydrogens is 291 g/mol. The Morgan fingerprint density at radius 3 is 2.81 bits per heavy atom. The van der Waals surface area contributed by atoms with Crippen LogP contribution in [0.25, 0.3) is 16.7 Å². The van der Waals surface area contributed by atoms with Gasteiger partial charge in [-0.2, -0.15) is 0 Å². The van der Waals surface area contributed by atoms with Gasteiger partial charge in [-0.15, -0.1) is 11.6 Å². The number of imidazole rings is 1. The van der Waals surface area contributed by atoms with E-state index >= 15 is 0 Å². The molecule has 108 valence electrons. The standard InChI is InChI=1S/C16H14ClFN2O/c1-10-12(18)4-3-5-14(10)20-15-8-11(21-2)6-7-13(15)19-16(20)9-17/h3-8H,9H2,1-2H3. The zero-order valence-corrected chi connectivity index (χ0v) is 12.5. The molecule has 0 radical (unpaired) electrons. The lowest BCUT2D eigenvalue weighted by Gasteiger charge is -2.12. The van der Waals surface area contributed by atoms with Crippen LogP contribution in [0.1, 0.15) is 11.4 Å². The van der Waals surface area contributed by atoms with Crippen molar-refractivity contribution in [3.8, 4) is 11.4 Å². The Balaban J connectivity index is 2.36. The summed E-state index contributed by atoms with van der Waals surface area (Å²) in [5.41, 5.74) is 2.95. The van der Waals surface area contributed by atoms with Gasteiger partial charge in [-0.1, -0.05) is 6.07 Å². The molecule has 2 aromatic carbocycles. The lowest BCUT2D eigenvalue weighted by Crippen LogP contribution is -2.03. The van der Waals surface area contributed by atoms with Crippen LogP contribution in [0.2, 0.25) is 0 Å². The maximum Gasteiger partial charge on any atom is 0.129 e. The van der Waals surface area contributed by atoms with E-state index in [1.54, 1.807) is 20.1 Å². The van der Waals surface area contributed by atoms with Gasteiger partial charge in [0.2, 0.25) is 0 Å². The largest absolute Gasteiger partial charge is 0.497 e. The van der Waals surface area contributed by atoms with Crippen molar-refractivity contribution in [1.29, 1.82) is 0 Å². The van der Waals surface area contributed by atoms with Gasteiger partial charge in [0.05, 0.1) is 29.7 Å². The first-order chi connectivity index (χ1) is 10.2. The van der Waals surface area contributed by atoms with Crippen molar-refractivity contribution in [3.05, 3.63) is 53.6 Å². The Labute approximate surface area is 126 Å². The quantitative estimate of drug-likeness (QED) is 0.677. The highest BCUT2D eigenvalue weighted by molar-refractivity contribution is 6.17. The number of halogens is 2. The minimum atomic E-state index is -0.252. The molecule has 1 heterocycles. The average molecular weight is 305 g/mol. The normalized spacial score (nSPS) is 11.0. The van der Waals surface area contributed by atoms with Crippen LogP contribution in [0.5, 0.6) is 5.75 Å². The van der Waals surface area contributed by atoms with Crippen molar-refractivity contribution in [2.75, 3.05) is 7.11 Å². The van der Waals surface area contributed by atoms with Crippen molar-refractivity contribution in [1.82, 2.24) is 9.55 Å². The van der Waals surface area contributed by atoms with Crippen LogP contribution >= 0.6 is 11.6 Å². The lowest BCUT2D eigenvalue weighted by atomic mass is 10.2. The Hall–Kier alpha value is -2.07. The van der Waals surface area contributed by atoms with Crippen molar-refractivity contribution >= 4 is 22.6 Å². The SMILES string of the molecule is COc1ccc2nc(CCl)n(-c3cccc(F)c3C)c2c1. The molecule has 0 saturated heterocycles. The molecule has 1 aromatic heterocycles. The summed E-state index contributed by atoms with van der Waals surface area (Å²) in [5, 5.41) is 0. The van der Waals surface area contributed by atoms with Gasteiger partial charge in [0, 0.05) is 11.6 Å². The zero-order valence-electron chi connectivity index (χ0n) is 11.7. The van der Waals surface area contributed by atoms with Gasteiger partial charge in [-0.05, 0) is 31.2 Å². The first-order valence-electron chi connectivity index (χ1n) is 6.52. The molecule has 0 N–H and O–H groups in total. The average Bonchev–Trinajstić information content (AvgIpc) is 2.87. The summed E-state index contributed by atoms with van der Waals surface area (Å²) >= 11 is 6.01. The molecule has 0 aliphatic carbocycles. The smallest absolute Gasteiger partial charge is 0.129 e. The molecule has 0 unspecified atom stereocenters. The number of methoxy groups -OCH3 is 1. The fraction of sp³-hybridized carbons (Fsp3) is 0.188. The Morgan fingerprint density at radius 1 is 1.29 bits per heavy atom. The van der Waals surface area contributed by atoms with Gasteiger partial charge in [0.25, 0.3) is 0 Å². The fourth-order valence-electron chi connectivity index (χ4n) is 2.43. The predicted octanol–water partition coefficient (Wildman–Crippen LogP) is 4.22. The van der Waals surface area contributed by atoms with E-state index in [1.807, 2.05) is 28.8 Å². The van der Waals surface area contributed by atoms with Gasteiger partial charge < -0.3 is 4.74 Å². The van der Waals surface area contributed by atoms with E-state index in [2.05, 4.69) is 4.98 Å². The third-order valence-corrected chi connectivity index (χ3v) is 3.77. The molecule has 0 atom stereocenters. The van der Waals surface area contributed by atoms with E-state index in [-0.39, 0.29) is 11.7 Å². The number of nitrogens with zero attached hydrogens (tertiary/aromatic N) is 2. The second-order valence-electron chi connectivity index (χ2n) is 4.74. The number of benzene rings is 2. The van der Waals surface area contributed by atoms with Crippen LogP contribution in [0.3, 0.4) is 0 Å². The van der Waals surface area contributed by atoms with E-state index in [4.69, 9.17) is 16.3 Å². The Morgan fingerprint density at radius 2 is 2.10 bits per heavy atom. The Kier molecular flexibility index (Phi) is 3.55. The number of alkyl halides is 1. The van der Waals surface area contributed by atoms with Gasteiger partial charge in [0.15, 0.2) is 0 Å². The highest BCUT2D eigenvalue weighted by Crippen LogP contribution is 2.28. The molecule has 3 rings (SSSR count). The third kappa shape index (κ3) is 2.25. The zero-order chi connectivity index (χ0) is 15.0. The molecule has 21 heavy (non-hydrogen) atoms. The summed E-state index contributed by atoms with van der Waals surface area (Å²) in [6, 6.07) is 10.6. The van der Waals surface area contributed by atoms with E-state index in [0.717, 1.165) is 22.5 Å². The highest BCUT2D eigenvalue weighted by Gasteiger charge is 2.15. The maximum absolute atomic E-state index is 13.9. The van der Waals surface area contributed by atoms with E-state index in [1.165, 1.54) is 6.07 Å². The van der Waals surface area contributed by atoms with Gasteiger partial charge in [0.1, 0.15) is 17.4 Å². The minimum absolute atomic E-state index is 0.243. The number of hydrogen-bond acceptors (Lipinski definition) is 2.